The smallest absolute Gasteiger partial charge is 0.410 e. The first-order chi connectivity index (χ1) is 23.0. The van der Waals surface area contributed by atoms with Gasteiger partial charge in [0.1, 0.15) is 41.2 Å². The van der Waals surface area contributed by atoms with Crippen LogP contribution in [0, 0.1) is 10.1 Å². The number of aryl methyl sites for hydroxylation is 1. The van der Waals surface area contributed by atoms with Crippen LogP contribution in [0.25, 0.3) is 0 Å². The standard InChI is InChI=1S/C35H35N5O8/c1-35(2,3)48-34(42)39-17-5-8-28(39)33(41)38-24-10-15-31(36-20-24)46-27-12-14-30-23(19-27)9-13-29(47-30)22-6-4-7-26(18-22)45-32-16-11-25(21-37-32)40(43)44/h4,6-7,10-12,14-16,18-21,28-29H,5,8-9,13,17H2,1-3H3,(H,38,41)/t28?,29-/m0/s1. The summed E-state index contributed by atoms with van der Waals surface area (Å²) in [6, 6.07) is 18.7. The van der Waals surface area contributed by atoms with Crippen molar-refractivity contribution in [2.75, 3.05) is 11.9 Å². The van der Waals surface area contributed by atoms with E-state index in [0.717, 1.165) is 42.3 Å². The van der Waals surface area contributed by atoms with Gasteiger partial charge in [-0.1, -0.05) is 12.1 Å². The quantitative estimate of drug-likeness (QED) is 0.150. The molecule has 0 saturated carbocycles. The van der Waals surface area contributed by atoms with E-state index in [4.69, 9.17) is 18.9 Å². The Morgan fingerprint density at radius 1 is 0.958 bits per heavy atom. The second-order valence-corrected chi connectivity index (χ2v) is 12.5. The molecule has 13 heteroatoms. The van der Waals surface area contributed by atoms with Gasteiger partial charge in [-0.25, -0.2) is 14.8 Å². The van der Waals surface area contributed by atoms with E-state index in [0.29, 0.717) is 36.0 Å². The number of pyridine rings is 2. The molecule has 2 atom stereocenters. The number of rotatable bonds is 8. The fraction of sp³-hybridized carbons (Fsp3) is 0.314. The van der Waals surface area contributed by atoms with E-state index in [-0.39, 0.29) is 23.6 Å². The van der Waals surface area contributed by atoms with Gasteiger partial charge in [0.2, 0.25) is 17.7 Å². The van der Waals surface area contributed by atoms with Crippen molar-refractivity contribution in [1.82, 2.24) is 14.9 Å². The Hall–Kier alpha value is -5.72. The highest BCUT2D eigenvalue weighted by Crippen LogP contribution is 2.38. The molecule has 0 aliphatic carbocycles. The molecule has 4 aromatic rings. The molecule has 48 heavy (non-hydrogen) atoms. The molecule has 2 aliphatic rings. The van der Waals surface area contributed by atoms with Gasteiger partial charge in [-0.15, -0.1) is 0 Å². The van der Waals surface area contributed by atoms with Gasteiger partial charge >= 0.3 is 6.09 Å². The van der Waals surface area contributed by atoms with E-state index >= 15 is 0 Å². The normalized spacial score (nSPS) is 17.1. The molecule has 1 N–H and O–H groups in total. The Morgan fingerprint density at radius 2 is 1.71 bits per heavy atom. The Kier molecular flexibility index (Phi) is 9.10. The van der Waals surface area contributed by atoms with E-state index in [1.54, 1.807) is 39.0 Å². The second kappa shape index (κ2) is 13.6. The molecule has 2 aromatic heterocycles. The van der Waals surface area contributed by atoms with Crippen molar-refractivity contribution in [3.05, 3.63) is 100 Å². The maximum absolute atomic E-state index is 13.0. The first-order valence-corrected chi connectivity index (χ1v) is 15.6. The minimum absolute atomic E-state index is 0.108. The van der Waals surface area contributed by atoms with Crippen molar-refractivity contribution >= 4 is 23.4 Å². The number of fused-ring (bicyclic) bond motifs is 1. The Morgan fingerprint density at radius 3 is 2.40 bits per heavy atom. The number of anilines is 1. The average molecular weight is 654 g/mol. The highest BCUT2D eigenvalue weighted by Gasteiger charge is 2.36. The van der Waals surface area contributed by atoms with E-state index in [2.05, 4.69) is 15.3 Å². The Balaban J connectivity index is 1.04. The van der Waals surface area contributed by atoms with Gasteiger partial charge in [0.15, 0.2) is 0 Å². The molecular weight excluding hydrogens is 618 g/mol. The van der Waals surface area contributed by atoms with Gasteiger partial charge in [-0.2, -0.15) is 0 Å². The van der Waals surface area contributed by atoms with Crippen molar-refractivity contribution in [2.45, 2.75) is 64.2 Å². The molecule has 1 unspecified atom stereocenters. The molecule has 2 aromatic carbocycles. The predicted molar refractivity (Wildman–Crippen MR) is 174 cm³/mol. The first kappa shape index (κ1) is 32.2. The SMILES string of the molecule is CC(C)(C)OC(=O)N1CCCC1C(=O)Nc1ccc(Oc2ccc3c(c2)CC[C@@H](c2cccc(Oc4ccc([N+](=O)[O-])cn4)c2)O3)nc1. The highest BCUT2D eigenvalue weighted by atomic mass is 16.6. The molecule has 1 saturated heterocycles. The minimum Gasteiger partial charge on any atom is -0.485 e. The van der Waals surface area contributed by atoms with Crippen molar-refractivity contribution in [3.63, 3.8) is 0 Å². The predicted octanol–water partition coefficient (Wildman–Crippen LogP) is 7.37. The molecule has 2 aliphatic heterocycles. The monoisotopic (exact) mass is 653 g/mol. The molecule has 248 valence electrons. The zero-order chi connectivity index (χ0) is 33.8. The lowest BCUT2D eigenvalue weighted by atomic mass is 9.97. The maximum atomic E-state index is 13.0. The summed E-state index contributed by atoms with van der Waals surface area (Å²) in [7, 11) is 0. The lowest BCUT2D eigenvalue weighted by Crippen LogP contribution is -2.45. The summed E-state index contributed by atoms with van der Waals surface area (Å²) in [5, 5.41) is 13.7. The molecule has 0 spiro atoms. The Bertz CT molecular complexity index is 1810. The third-order valence-corrected chi connectivity index (χ3v) is 7.77. The average Bonchev–Trinajstić information content (AvgIpc) is 3.56. The maximum Gasteiger partial charge on any atom is 0.410 e. The van der Waals surface area contributed by atoms with Gasteiger partial charge in [-0.05, 0) is 94.0 Å². The number of ether oxygens (including phenoxy) is 4. The van der Waals surface area contributed by atoms with E-state index in [1.807, 2.05) is 36.4 Å². The number of nitro groups is 1. The molecule has 0 radical (unpaired) electrons. The zero-order valence-electron chi connectivity index (χ0n) is 26.8. The number of carbonyl (C=O) groups excluding carboxylic acids is 2. The Labute approximate surface area is 277 Å². The number of likely N-dealkylation sites (tertiary alicyclic amines) is 1. The first-order valence-electron chi connectivity index (χ1n) is 15.6. The van der Waals surface area contributed by atoms with Crippen molar-refractivity contribution in [1.29, 1.82) is 0 Å². The molecule has 6 rings (SSSR count). The largest absolute Gasteiger partial charge is 0.485 e. The minimum atomic E-state index is -0.643. The summed E-state index contributed by atoms with van der Waals surface area (Å²) in [6.07, 6.45) is 4.76. The third-order valence-electron chi connectivity index (χ3n) is 7.77. The van der Waals surface area contributed by atoms with Crippen molar-refractivity contribution in [3.8, 4) is 29.0 Å². The van der Waals surface area contributed by atoms with Crippen molar-refractivity contribution < 1.29 is 33.5 Å². The van der Waals surface area contributed by atoms with E-state index in [9.17, 15) is 19.7 Å². The van der Waals surface area contributed by atoms with Crippen LogP contribution in [0.2, 0.25) is 0 Å². The summed E-state index contributed by atoms with van der Waals surface area (Å²) in [5.74, 6) is 2.22. The number of amides is 2. The lowest BCUT2D eigenvalue weighted by molar-refractivity contribution is -0.385. The van der Waals surface area contributed by atoms with Crippen LogP contribution >= 0.6 is 0 Å². The topological polar surface area (TPSA) is 155 Å². The van der Waals surface area contributed by atoms with Crippen LogP contribution in [-0.2, 0) is 16.0 Å². The number of nitrogens with one attached hydrogen (secondary N) is 1. The number of hydrogen-bond donors (Lipinski definition) is 1. The van der Waals surface area contributed by atoms with E-state index < -0.39 is 22.7 Å². The number of aromatic nitrogens is 2. The summed E-state index contributed by atoms with van der Waals surface area (Å²) >= 11 is 0. The van der Waals surface area contributed by atoms with Gasteiger partial charge < -0.3 is 24.3 Å². The summed E-state index contributed by atoms with van der Waals surface area (Å²) in [4.78, 5) is 45.8. The molecule has 2 amide bonds. The van der Waals surface area contributed by atoms with Gasteiger partial charge in [0, 0.05) is 24.7 Å². The number of nitrogens with zero attached hydrogens (tertiary/aromatic N) is 4. The number of hydrogen-bond acceptors (Lipinski definition) is 10. The molecule has 0 bridgehead atoms. The second-order valence-electron chi connectivity index (χ2n) is 12.5. The molecule has 4 heterocycles. The van der Waals surface area contributed by atoms with Gasteiger partial charge in [-0.3, -0.25) is 19.8 Å². The van der Waals surface area contributed by atoms with Crippen LogP contribution in [0.5, 0.6) is 29.0 Å². The van der Waals surface area contributed by atoms with Crippen LogP contribution in [0.4, 0.5) is 16.2 Å². The van der Waals surface area contributed by atoms with Crippen LogP contribution < -0.4 is 19.5 Å². The van der Waals surface area contributed by atoms with Crippen molar-refractivity contribution in [2.24, 2.45) is 0 Å². The van der Waals surface area contributed by atoms with E-state index in [1.165, 1.54) is 23.2 Å². The van der Waals surface area contributed by atoms with Gasteiger partial charge in [0.05, 0.1) is 16.8 Å². The summed E-state index contributed by atoms with van der Waals surface area (Å²) in [5.41, 5.74) is 1.68. The van der Waals surface area contributed by atoms with Crippen LogP contribution in [0.15, 0.2) is 79.1 Å². The third kappa shape index (κ3) is 7.80. The number of carbonyl (C=O) groups is 2. The number of benzene rings is 2. The lowest BCUT2D eigenvalue weighted by Gasteiger charge is -2.28. The molecular formula is C35H35N5O8. The molecule has 13 nitrogen and oxygen atoms in total. The zero-order valence-corrected chi connectivity index (χ0v) is 26.8. The van der Waals surface area contributed by atoms with Gasteiger partial charge in [0.25, 0.3) is 5.69 Å². The summed E-state index contributed by atoms with van der Waals surface area (Å²) < 4.78 is 23.6. The van der Waals surface area contributed by atoms with Crippen LogP contribution in [0.3, 0.4) is 0 Å². The molecule has 1 fully saturated rings. The van der Waals surface area contributed by atoms with Crippen LogP contribution in [0.1, 0.15) is 57.3 Å². The fourth-order valence-corrected chi connectivity index (χ4v) is 5.54. The summed E-state index contributed by atoms with van der Waals surface area (Å²) in [6.45, 7) is 5.86. The fourth-order valence-electron chi connectivity index (χ4n) is 5.54. The van der Waals surface area contributed by atoms with Crippen LogP contribution in [-0.4, -0.2) is 50.0 Å². The highest BCUT2D eigenvalue weighted by molar-refractivity contribution is 5.96.